The fourth-order valence-corrected chi connectivity index (χ4v) is 2.20. The summed E-state index contributed by atoms with van der Waals surface area (Å²) in [5, 5.41) is 0. The molecule has 0 amide bonds. The van der Waals surface area contributed by atoms with Crippen molar-refractivity contribution in [3.8, 4) is 0 Å². The first-order chi connectivity index (χ1) is 9.80. The monoisotopic (exact) mass is 273 g/mol. The third-order valence-corrected chi connectivity index (χ3v) is 3.55. The Labute approximate surface area is 118 Å². The zero-order chi connectivity index (χ0) is 13.9. The first-order valence-corrected chi connectivity index (χ1v) is 7.19. The van der Waals surface area contributed by atoms with E-state index in [1.165, 1.54) is 0 Å². The van der Waals surface area contributed by atoms with Crippen molar-refractivity contribution in [1.29, 1.82) is 0 Å². The minimum Gasteiger partial charge on any atom is -0.474 e. The van der Waals surface area contributed by atoms with E-state index < -0.39 is 0 Å². The van der Waals surface area contributed by atoms with Crippen LogP contribution < -0.4 is 0 Å². The van der Waals surface area contributed by atoms with Gasteiger partial charge in [0, 0.05) is 0 Å². The van der Waals surface area contributed by atoms with Crippen LogP contribution in [0, 0.1) is 0 Å². The molecule has 0 radical (unpaired) electrons. The quantitative estimate of drug-likeness (QED) is 0.845. The van der Waals surface area contributed by atoms with Crippen LogP contribution in [0.15, 0.2) is 28.2 Å². The van der Waals surface area contributed by atoms with Crippen molar-refractivity contribution in [3.63, 3.8) is 0 Å². The molecule has 5 heteroatoms. The van der Waals surface area contributed by atoms with E-state index in [2.05, 4.69) is 28.8 Å². The lowest BCUT2D eigenvalue weighted by Crippen LogP contribution is -2.10. The van der Waals surface area contributed by atoms with Gasteiger partial charge in [0.15, 0.2) is 0 Å². The number of nitrogens with zero attached hydrogens (tertiary/aromatic N) is 3. The SMILES string of the molecule is CC[C@H]1COC(c2cccc(C3=N[C@@H](CC)CO3)n2)=N1. The molecular formula is C15H19N3O2. The minimum atomic E-state index is 0.250. The van der Waals surface area contributed by atoms with Crippen LogP contribution in [0.2, 0.25) is 0 Å². The Morgan fingerprint density at radius 3 is 1.85 bits per heavy atom. The maximum Gasteiger partial charge on any atom is 0.235 e. The molecule has 0 spiro atoms. The van der Waals surface area contributed by atoms with Gasteiger partial charge in [0.1, 0.15) is 24.6 Å². The van der Waals surface area contributed by atoms with Crippen LogP contribution in [-0.4, -0.2) is 42.1 Å². The molecule has 20 heavy (non-hydrogen) atoms. The maximum atomic E-state index is 5.61. The second-order valence-corrected chi connectivity index (χ2v) is 5.02. The van der Waals surface area contributed by atoms with Gasteiger partial charge in [-0.1, -0.05) is 19.9 Å². The van der Waals surface area contributed by atoms with E-state index >= 15 is 0 Å². The third kappa shape index (κ3) is 2.53. The van der Waals surface area contributed by atoms with Gasteiger partial charge in [-0.15, -0.1) is 0 Å². The topological polar surface area (TPSA) is 56.1 Å². The summed E-state index contributed by atoms with van der Waals surface area (Å²) in [6, 6.07) is 6.26. The van der Waals surface area contributed by atoms with Gasteiger partial charge in [0.25, 0.3) is 0 Å². The molecule has 3 heterocycles. The van der Waals surface area contributed by atoms with Crippen LogP contribution in [0.3, 0.4) is 0 Å². The van der Waals surface area contributed by atoms with Crippen molar-refractivity contribution in [2.75, 3.05) is 13.2 Å². The molecule has 1 aromatic heterocycles. The molecule has 2 aliphatic heterocycles. The Hall–Kier alpha value is -1.91. The molecule has 1 aromatic rings. The highest BCUT2D eigenvalue weighted by molar-refractivity contribution is 5.97. The number of hydrogen-bond acceptors (Lipinski definition) is 5. The van der Waals surface area contributed by atoms with Crippen molar-refractivity contribution < 1.29 is 9.47 Å². The van der Waals surface area contributed by atoms with E-state index in [0.29, 0.717) is 25.0 Å². The molecule has 2 aliphatic rings. The molecule has 106 valence electrons. The number of aromatic nitrogens is 1. The standard InChI is InChI=1S/C15H19N3O2/c1-3-10-8-19-14(16-10)12-6-5-7-13(18-12)15-17-11(4-2)9-20-15/h5-7,10-11H,3-4,8-9H2,1-2H3/t10-,11-/m0/s1. The third-order valence-electron chi connectivity index (χ3n) is 3.55. The zero-order valence-corrected chi connectivity index (χ0v) is 11.9. The lowest BCUT2D eigenvalue weighted by atomic mass is 10.2. The lowest BCUT2D eigenvalue weighted by Gasteiger charge is -2.04. The van der Waals surface area contributed by atoms with Crippen LogP contribution in [0.4, 0.5) is 0 Å². The van der Waals surface area contributed by atoms with Gasteiger partial charge in [-0.25, -0.2) is 15.0 Å². The fraction of sp³-hybridized carbons (Fsp3) is 0.533. The molecule has 0 bridgehead atoms. The van der Waals surface area contributed by atoms with Crippen LogP contribution >= 0.6 is 0 Å². The van der Waals surface area contributed by atoms with Gasteiger partial charge in [-0.3, -0.25) is 0 Å². The van der Waals surface area contributed by atoms with E-state index in [1.807, 2.05) is 18.2 Å². The summed E-state index contributed by atoms with van der Waals surface area (Å²) in [7, 11) is 0. The lowest BCUT2D eigenvalue weighted by molar-refractivity contribution is 0.313. The van der Waals surface area contributed by atoms with E-state index in [-0.39, 0.29) is 12.1 Å². The summed E-state index contributed by atoms with van der Waals surface area (Å²) < 4.78 is 11.2. The van der Waals surface area contributed by atoms with Gasteiger partial charge in [0.05, 0.1) is 12.1 Å². The second kappa shape index (κ2) is 5.61. The Morgan fingerprint density at radius 2 is 1.45 bits per heavy atom. The highest BCUT2D eigenvalue weighted by atomic mass is 16.5. The Bertz CT molecular complexity index is 509. The number of hydrogen-bond donors (Lipinski definition) is 0. The molecule has 0 unspecified atom stereocenters. The van der Waals surface area contributed by atoms with Gasteiger partial charge in [-0.2, -0.15) is 0 Å². The summed E-state index contributed by atoms with van der Waals surface area (Å²) in [5.74, 6) is 1.26. The summed E-state index contributed by atoms with van der Waals surface area (Å²) in [5.41, 5.74) is 1.51. The Morgan fingerprint density at radius 1 is 0.950 bits per heavy atom. The predicted molar refractivity (Wildman–Crippen MR) is 77.4 cm³/mol. The molecular weight excluding hydrogens is 254 g/mol. The zero-order valence-electron chi connectivity index (χ0n) is 11.9. The smallest absolute Gasteiger partial charge is 0.235 e. The van der Waals surface area contributed by atoms with E-state index in [0.717, 1.165) is 24.2 Å². The largest absolute Gasteiger partial charge is 0.474 e. The van der Waals surface area contributed by atoms with Crippen LogP contribution in [0.1, 0.15) is 38.1 Å². The first kappa shape index (κ1) is 13.1. The number of ether oxygens (including phenoxy) is 2. The summed E-state index contributed by atoms with van der Waals surface area (Å²) in [6.45, 7) is 5.51. The van der Waals surface area contributed by atoms with Crippen LogP contribution in [0.5, 0.6) is 0 Å². The number of aliphatic imine (C=N–C) groups is 2. The normalized spacial score (nSPS) is 24.9. The summed E-state index contributed by atoms with van der Waals surface area (Å²) >= 11 is 0. The van der Waals surface area contributed by atoms with Crippen LogP contribution in [-0.2, 0) is 9.47 Å². The molecule has 0 saturated heterocycles. The minimum absolute atomic E-state index is 0.250. The average molecular weight is 273 g/mol. The van der Waals surface area contributed by atoms with Crippen molar-refractivity contribution >= 4 is 11.8 Å². The molecule has 0 N–H and O–H groups in total. The first-order valence-electron chi connectivity index (χ1n) is 7.19. The van der Waals surface area contributed by atoms with Gasteiger partial charge in [0.2, 0.25) is 11.8 Å². The molecule has 5 nitrogen and oxygen atoms in total. The van der Waals surface area contributed by atoms with Gasteiger partial charge >= 0.3 is 0 Å². The summed E-state index contributed by atoms with van der Waals surface area (Å²) in [6.07, 6.45) is 1.97. The van der Waals surface area contributed by atoms with Crippen molar-refractivity contribution in [2.45, 2.75) is 38.8 Å². The highest BCUT2D eigenvalue weighted by Crippen LogP contribution is 2.16. The van der Waals surface area contributed by atoms with E-state index in [4.69, 9.17) is 9.47 Å². The molecule has 0 aliphatic carbocycles. The fourth-order valence-electron chi connectivity index (χ4n) is 2.20. The molecule has 0 aromatic carbocycles. The molecule has 0 fully saturated rings. The van der Waals surface area contributed by atoms with Crippen molar-refractivity contribution in [3.05, 3.63) is 29.6 Å². The summed E-state index contributed by atoms with van der Waals surface area (Å²) in [4.78, 5) is 13.6. The highest BCUT2D eigenvalue weighted by Gasteiger charge is 2.22. The maximum absolute atomic E-state index is 5.61. The second-order valence-electron chi connectivity index (χ2n) is 5.02. The molecule has 3 rings (SSSR count). The Balaban J connectivity index is 1.84. The predicted octanol–water partition coefficient (Wildman–Crippen LogP) is 2.19. The number of pyridine rings is 1. The van der Waals surface area contributed by atoms with E-state index in [1.54, 1.807) is 0 Å². The van der Waals surface area contributed by atoms with Crippen molar-refractivity contribution in [1.82, 2.24) is 4.98 Å². The van der Waals surface area contributed by atoms with Gasteiger partial charge in [-0.05, 0) is 25.0 Å². The van der Waals surface area contributed by atoms with E-state index in [9.17, 15) is 0 Å². The average Bonchev–Trinajstić information content (AvgIpc) is 3.16. The van der Waals surface area contributed by atoms with Gasteiger partial charge < -0.3 is 9.47 Å². The van der Waals surface area contributed by atoms with Crippen LogP contribution in [0.25, 0.3) is 0 Å². The molecule has 0 saturated carbocycles. The number of rotatable bonds is 4. The Kier molecular flexibility index (Phi) is 3.67. The molecule has 2 atom stereocenters. The van der Waals surface area contributed by atoms with Crippen molar-refractivity contribution in [2.24, 2.45) is 9.98 Å².